The summed E-state index contributed by atoms with van der Waals surface area (Å²) in [5.74, 6) is -0.190. The molecule has 1 unspecified atom stereocenters. The first kappa shape index (κ1) is 15.3. The first-order valence-corrected chi connectivity index (χ1v) is 6.50. The van der Waals surface area contributed by atoms with Crippen LogP contribution in [0, 0.1) is 17.2 Å². The van der Waals surface area contributed by atoms with Gasteiger partial charge in [-0.15, -0.1) is 0 Å². The maximum absolute atomic E-state index is 11.9. The molecule has 1 amide bonds. The summed E-state index contributed by atoms with van der Waals surface area (Å²) >= 11 is 5.81. The highest BCUT2D eigenvalue weighted by molar-refractivity contribution is 6.30. The number of amides is 1. The lowest BCUT2D eigenvalue weighted by atomic mass is 10.1. The molecule has 1 aromatic carbocycles. The number of hydrogen-bond acceptors (Lipinski definition) is 2. The van der Waals surface area contributed by atoms with E-state index in [1.54, 1.807) is 18.2 Å². The molecule has 0 bridgehead atoms. The minimum absolute atomic E-state index is 0.149. The molecule has 0 fully saturated rings. The van der Waals surface area contributed by atoms with Crippen LogP contribution in [-0.2, 0) is 4.79 Å². The number of allylic oxidation sites excluding steroid dienone is 1. The van der Waals surface area contributed by atoms with E-state index in [-0.39, 0.29) is 23.4 Å². The normalized spacial score (nSPS) is 12.9. The molecule has 0 radical (unpaired) electrons. The van der Waals surface area contributed by atoms with Crippen LogP contribution in [0.25, 0.3) is 0 Å². The van der Waals surface area contributed by atoms with Crippen LogP contribution in [0.4, 0.5) is 0 Å². The van der Waals surface area contributed by atoms with Crippen LogP contribution in [0.3, 0.4) is 0 Å². The Morgan fingerprint density at radius 1 is 1.32 bits per heavy atom. The third-order valence-corrected chi connectivity index (χ3v) is 2.83. The molecule has 1 N–H and O–H groups in total. The standard InChI is InChI=1S/C15H17ClN2O/c1-10(2)8-13(9-17)15(19)18-11(3)12-4-6-14(16)7-5-12/h4-8,10-11H,1-3H3,(H,18,19). The van der Waals surface area contributed by atoms with Gasteiger partial charge >= 0.3 is 0 Å². The molecule has 0 aliphatic heterocycles. The zero-order valence-electron chi connectivity index (χ0n) is 11.3. The van der Waals surface area contributed by atoms with Crippen LogP contribution >= 0.6 is 11.6 Å². The first-order valence-electron chi connectivity index (χ1n) is 6.12. The molecule has 3 nitrogen and oxygen atoms in total. The molecule has 0 aromatic heterocycles. The van der Waals surface area contributed by atoms with E-state index in [2.05, 4.69) is 5.32 Å². The minimum Gasteiger partial charge on any atom is -0.345 e. The van der Waals surface area contributed by atoms with Crippen molar-refractivity contribution in [2.75, 3.05) is 0 Å². The molecule has 4 heteroatoms. The number of nitrogens with one attached hydrogen (secondary N) is 1. The lowest BCUT2D eigenvalue weighted by molar-refractivity contribution is -0.117. The third kappa shape index (κ3) is 4.76. The van der Waals surface area contributed by atoms with Gasteiger partial charge in [0.15, 0.2) is 0 Å². The summed E-state index contributed by atoms with van der Waals surface area (Å²) in [6, 6.07) is 9.00. The second-order valence-electron chi connectivity index (χ2n) is 4.68. The minimum atomic E-state index is -0.348. The molecule has 19 heavy (non-hydrogen) atoms. The molecule has 100 valence electrons. The Morgan fingerprint density at radius 3 is 2.37 bits per heavy atom. The highest BCUT2D eigenvalue weighted by Gasteiger charge is 2.13. The van der Waals surface area contributed by atoms with E-state index < -0.39 is 0 Å². The Bertz CT molecular complexity index is 512. The first-order chi connectivity index (χ1) is 8.93. The van der Waals surface area contributed by atoms with E-state index >= 15 is 0 Å². The fourth-order valence-corrected chi connectivity index (χ4v) is 1.73. The van der Waals surface area contributed by atoms with Crippen molar-refractivity contribution in [1.82, 2.24) is 5.32 Å². The van der Waals surface area contributed by atoms with Crippen molar-refractivity contribution in [3.8, 4) is 6.07 Å². The van der Waals surface area contributed by atoms with Crippen molar-refractivity contribution in [3.63, 3.8) is 0 Å². The summed E-state index contributed by atoms with van der Waals surface area (Å²) in [6.45, 7) is 5.71. The Hall–Kier alpha value is -1.79. The molecular formula is C15H17ClN2O. The van der Waals surface area contributed by atoms with E-state index in [0.717, 1.165) is 5.56 Å². The number of carbonyl (C=O) groups is 1. The summed E-state index contributed by atoms with van der Waals surface area (Å²) in [5, 5.41) is 12.4. The summed E-state index contributed by atoms with van der Waals surface area (Å²) in [7, 11) is 0. The van der Waals surface area contributed by atoms with E-state index in [4.69, 9.17) is 16.9 Å². The lowest BCUT2D eigenvalue weighted by Crippen LogP contribution is -2.27. The van der Waals surface area contributed by atoms with Crippen molar-refractivity contribution < 1.29 is 4.79 Å². The summed E-state index contributed by atoms with van der Waals surface area (Å²) in [4.78, 5) is 11.9. The Morgan fingerprint density at radius 2 is 1.89 bits per heavy atom. The van der Waals surface area contributed by atoms with Gasteiger partial charge in [0.25, 0.3) is 5.91 Å². The molecule has 0 saturated carbocycles. The fourth-order valence-electron chi connectivity index (χ4n) is 1.61. The SMILES string of the molecule is CC(C)C=C(C#N)C(=O)NC(C)c1ccc(Cl)cc1. The van der Waals surface area contributed by atoms with Gasteiger partial charge in [-0.2, -0.15) is 5.26 Å². The van der Waals surface area contributed by atoms with E-state index in [9.17, 15) is 4.79 Å². The van der Waals surface area contributed by atoms with E-state index in [1.165, 1.54) is 0 Å². The number of rotatable bonds is 4. The molecule has 0 aliphatic carbocycles. The van der Waals surface area contributed by atoms with Crippen LogP contribution in [0.15, 0.2) is 35.9 Å². The monoisotopic (exact) mass is 276 g/mol. The molecule has 0 spiro atoms. The van der Waals surface area contributed by atoms with Gasteiger partial charge in [-0.25, -0.2) is 0 Å². The Balaban J connectivity index is 2.76. The average molecular weight is 277 g/mol. The van der Waals surface area contributed by atoms with Crippen molar-refractivity contribution in [3.05, 3.63) is 46.5 Å². The average Bonchev–Trinajstić information content (AvgIpc) is 2.36. The van der Waals surface area contributed by atoms with E-state index in [0.29, 0.717) is 5.02 Å². The smallest absolute Gasteiger partial charge is 0.262 e. The Kier molecular flexibility index (Phi) is 5.59. The maximum atomic E-state index is 11.9. The zero-order valence-corrected chi connectivity index (χ0v) is 12.0. The number of hydrogen-bond donors (Lipinski definition) is 1. The molecule has 1 rings (SSSR count). The lowest BCUT2D eigenvalue weighted by Gasteiger charge is -2.14. The van der Waals surface area contributed by atoms with Crippen LogP contribution < -0.4 is 5.32 Å². The number of nitrogens with zero attached hydrogens (tertiary/aromatic N) is 1. The number of halogens is 1. The molecule has 0 heterocycles. The second-order valence-corrected chi connectivity index (χ2v) is 5.12. The maximum Gasteiger partial charge on any atom is 0.262 e. The second kappa shape index (κ2) is 6.96. The number of nitriles is 1. The zero-order chi connectivity index (χ0) is 14.4. The third-order valence-electron chi connectivity index (χ3n) is 2.58. The van der Waals surface area contributed by atoms with Crippen molar-refractivity contribution in [1.29, 1.82) is 5.26 Å². The molecular weight excluding hydrogens is 260 g/mol. The molecule has 1 atom stereocenters. The summed E-state index contributed by atoms with van der Waals surface area (Å²) in [6.07, 6.45) is 1.66. The van der Waals surface area contributed by atoms with Crippen LogP contribution in [0.1, 0.15) is 32.4 Å². The van der Waals surface area contributed by atoms with Crippen molar-refractivity contribution >= 4 is 17.5 Å². The molecule has 0 saturated heterocycles. The predicted octanol–water partition coefficient (Wildman–Crippen LogP) is 3.62. The van der Waals surface area contributed by atoms with Gasteiger partial charge in [-0.3, -0.25) is 4.79 Å². The Labute approximate surface area is 118 Å². The highest BCUT2D eigenvalue weighted by Crippen LogP contribution is 2.16. The van der Waals surface area contributed by atoms with Gasteiger partial charge in [0.05, 0.1) is 6.04 Å². The van der Waals surface area contributed by atoms with Crippen molar-refractivity contribution in [2.24, 2.45) is 5.92 Å². The molecule has 0 aliphatic rings. The van der Waals surface area contributed by atoms with Gasteiger partial charge in [-0.1, -0.05) is 43.7 Å². The van der Waals surface area contributed by atoms with Gasteiger partial charge in [0.2, 0.25) is 0 Å². The summed E-state index contributed by atoms with van der Waals surface area (Å²) in [5.41, 5.74) is 1.09. The number of carbonyl (C=O) groups excluding carboxylic acids is 1. The summed E-state index contributed by atoms with van der Waals surface area (Å²) < 4.78 is 0. The van der Waals surface area contributed by atoms with Crippen LogP contribution in [-0.4, -0.2) is 5.91 Å². The highest BCUT2D eigenvalue weighted by atomic mass is 35.5. The van der Waals surface area contributed by atoms with Crippen molar-refractivity contribution in [2.45, 2.75) is 26.8 Å². The predicted molar refractivity (Wildman–Crippen MR) is 76.5 cm³/mol. The van der Waals surface area contributed by atoms with Gasteiger partial charge < -0.3 is 5.32 Å². The van der Waals surface area contributed by atoms with E-state index in [1.807, 2.05) is 39.0 Å². The topological polar surface area (TPSA) is 52.9 Å². The van der Waals surface area contributed by atoms with Crippen LogP contribution in [0.5, 0.6) is 0 Å². The fraction of sp³-hybridized carbons (Fsp3) is 0.333. The van der Waals surface area contributed by atoms with Gasteiger partial charge in [0.1, 0.15) is 11.6 Å². The quantitative estimate of drug-likeness (QED) is 0.674. The molecule has 1 aromatic rings. The number of benzene rings is 1. The van der Waals surface area contributed by atoms with Crippen LogP contribution in [0.2, 0.25) is 5.02 Å². The van der Waals surface area contributed by atoms with Gasteiger partial charge in [0, 0.05) is 5.02 Å². The largest absolute Gasteiger partial charge is 0.345 e. The van der Waals surface area contributed by atoms with Gasteiger partial charge in [-0.05, 0) is 30.5 Å².